The van der Waals surface area contributed by atoms with Crippen molar-refractivity contribution in [2.45, 2.75) is 33.1 Å². The van der Waals surface area contributed by atoms with Gasteiger partial charge >= 0.3 is 0 Å². The van der Waals surface area contributed by atoms with Crippen LogP contribution in [0.4, 0.5) is 0 Å². The molecule has 1 rings (SSSR count). The van der Waals surface area contributed by atoms with E-state index in [9.17, 15) is 0 Å². The second-order valence-corrected chi connectivity index (χ2v) is 5.36. The molecular formula is C16H25NO. The third-order valence-electron chi connectivity index (χ3n) is 2.75. The second kappa shape index (κ2) is 7.22. The van der Waals surface area contributed by atoms with Crippen LogP contribution in [0.2, 0.25) is 0 Å². The zero-order valence-corrected chi connectivity index (χ0v) is 12.0. The van der Waals surface area contributed by atoms with Gasteiger partial charge in [0.1, 0.15) is 12.4 Å². The van der Waals surface area contributed by atoms with E-state index >= 15 is 0 Å². The lowest BCUT2D eigenvalue weighted by Crippen LogP contribution is -2.12. The number of rotatable bonds is 6. The van der Waals surface area contributed by atoms with Gasteiger partial charge in [0.2, 0.25) is 0 Å². The summed E-state index contributed by atoms with van der Waals surface area (Å²) in [6, 6.07) is 8.35. The molecule has 0 amide bonds. The SMILES string of the molecule is CCNC/C=C/COc1ccc(C(C)(C)C)cc1. The van der Waals surface area contributed by atoms with Crippen molar-refractivity contribution in [1.82, 2.24) is 5.32 Å². The van der Waals surface area contributed by atoms with Crippen LogP contribution in [-0.2, 0) is 5.41 Å². The third-order valence-corrected chi connectivity index (χ3v) is 2.75. The van der Waals surface area contributed by atoms with Gasteiger partial charge in [0.05, 0.1) is 0 Å². The molecule has 0 aliphatic rings. The zero-order chi connectivity index (χ0) is 13.4. The van der Waals surface area contributed by atoms with Gasteiger partial charge in [0.25, 0.3) is 0 Å². The number of nitrogens with one attached hydrogen (secondary N) is 1. The smallest absolute Gasteiger partial charge is 0.119 e. The maximum Gasteiger partial charge on any atom is 0.119 e. The quantitative estimate of drug-likeness (QED) is 0.613. The summed E-state index contributed by atoms with van der Waals surface area (Å²) in [6.45, 7) is 11.3. The van der Waals surface area contributed by atoms with E-state index < -0.39 is 0 Å². The van der Waals surface area contributed by atoms with Gasteiger partial charge < -0.3 is 10.1 Å². The summed E-state index contributed by atoms with van der Waals surface area (Å²) < 4.78 is 5.64. The summed E-state index contributed by atoms with van der Waals surface area (Å²) in [4.78, 5) is 0. The predicted molar refractivity (Wildman–Crippen MR) is 78.3 cm³/mol. The Hall–Kier alpha value is -1.28. The fraction of sp³-hybridized carbons (Fsp3) is 0.500. The fourth-order valence-electron chi connectivity index (χ4n) is 1.57. The first kappa shape index (κ1) is 14.8. The van der Waals surface area contributed by atoms with Crippen LogP contribution < -0.4 is 10.1 Å². The van der Waals surface area contributed by atoms with Crippen LogP contribution in [0, 0.1) is 0 Å². The molecule has 0 aliphatic carbocycles. The Morgan fingerprint density at radius 2 is 1.78 bits per heavy atom. The molecule has 100 valence electrons. The molecule has 0 aromatic heterocycles. The normalized spacial score (nSPS) is 12.0. The van der Waals surface area contributed by atoms with Crippen molar-refractivity contribution >= 4 is 0 Å². The lowest BCUT2D eigenvalue weighted by atomic mass is 9.87. The van der Waals surface area contributed by atoms with Crippen molar-refractivity contribution in [3.63, 3.8) is 0 Å². The van der Waals surface area contributed by atoms with E-state index in [1.54, 1.807) is 0 Å². The minimum absolute atomic E-state index is 0.199. The largest absolute Gasteiger partial charge is 0.490 e. The highest BCUT2D eigenvalue weighted by molar-refractivity contribution is 5.31. The van der Waals surface area contributed by atoms with E-state index in [4.69, 9.17) is 4.74 Å². The lowest BCUT2D eigenvalue weighted by molar-refractivity contribution is 0.362. The molecule has 1 N–H and O–H groups in total. The maximum absolute atomic E-state index is 5.64. The van der Waals surface area contributed by atoms with Gasteiger partial charge in [-0.3, -0.25) is 0 Å². The van der Waals surface area contributed by atoms with Crippen molar-refractivity contribution < 1.29 is 4.74 Å². The molecule has 2 nitrogen and oxygen atoms in total. The summed E-state index contributed by atoms with van der Waals surface area (Å²) >= 11 is 0. The minimum Gasteiger partial charge on any atom is -0.490 e. The Labute approximate surface area is 111 Å². The van der Waals surface area contributed by atoms with E-state index in [0.717, 1.165) is 18.8 Å². The van der Waals surface area contributed by atoms with Crippen LogP contribution >= 0.6 is 0 Å². The van der Waals surface area contributed by atoms with Crippen molar-refractivity contribution in [2.75, 3.05) is 19.7 Å². The molecule has 0 spiro atoms. The Morgan fingerprint density at radius 3 is 2.33 bits per heavy atom. The van der Waals surface area contributed by atoms with Crippen LogP contribution in [-0.4, -0.2) is 19.7 Å². The summed E-state index contributed by atoms with van der Waals surface area (Å²) in [5.41, 5.74) is 1.53. The number of hydrogen-bond donors (Lipinski definition) is 1. The highest BCUT2D eigenvalue weighted by atomic mass is 16.5. The molecule has 0 atom stereocenters. The van der Waals surface area contributed by atoms with E-state index in [1.165, 1.54) is 5.56 Å². The first-order valence-electron chi connectivity index (χ1n) is 6.63. The van der Waals surface area contributed by atoms with E-state index in [1.807, 2.05) is 18.2 Å². The first-order valence-corrected chi connectivity index (χ1v) is 6.63. The molecule has 1 aromatic rings. The van der Waals surface area contributed by atoms with Crippen LogP contribution in [0.15, 0.2) is 36.4 Å². The first-order chi connectivity index (χ1) is 8.54. The zero-order valence-electron chi connectivity index (χ0n) is 12.0. The maximum atomic E-state index is 5.64. The number of likely N-dealkylation sites (N-methyl/N-ethyl adjacent to an activating group) is 1. The molecule has 0 aliphatic heterocycles. The molecule has 1 aromatic carbocycles. The van der Waals surface area contributed by atoms with Crippen LogP contribution in [0.3, 0.4) is 0 Å². The summed E-state index contributed by atoms with van der Waals surface area (Å²) in [7, 11) is 0. The molecular weight excluding hydrogens is 222 g/mol. The van der Waals surface area contributed by atoms with Crippen molar-refractivity contribution in [3.8, 4) is 5.75 Å². The van der Waals surface area contributed by atoms with Crippen molar-refractivity contribution in [2.24, 2.45) is 0 Å². The van der Waals surface area contributed by atoms with Crippen LogP contribution in [0.1, 0.15) is 33.3 Å². The number of ether oxygens (including phenoxy) is 1. The Balaban J connectivity index is 2.38. The predicted octanol–water partition coefficient (Wildman–Crippen LogP) is 3.53. The van der Waals surface area contributed by atoms with Gasteiger partial charge in [-0.05, 0) is 29.7 Å². The molecule has 0 unspecified atom stereocenters. The minimum atomic E-state index is 0.199. The van der Waals surface area contributed by atoms with E-state index in [-0.39, 0.29) is 5.41 Å². The molecule has 2 heteroatoms. The van der Waals surface area contributed by atoms with Gasteiger partial charge in [-0.25, -0.2) is 0 Å². The highest BCUT2D eigenvalue weighted by Crippen LogP contribution is 2.24. The number of hydrogen-bond acceptors (Lipinski definition) is 2. The third kappa shape index (κ3) is 5.37. The van der Waals surface area contributed by atoms with Gasteiger partial charge in [-0.15, -0.1) is 0 Å². The summed E-state index contributed by atoms with van der Waals surface area (Å²) in [6.07, 6.45) is 4.13. The number of benzene rings is 1. The van der Waals surface area contributed by atoms with Crippen molar-refractivity contribution in [3.05, 3.63) is 42.0 Å². The summed E-state index contributed by atoms with van der Waals surface area (Å²) in [5, 5.41) is 3.23. The van der Waals surface area contributed by atoms with E-state index in [0.29, 0.717) is 6.61 Å². The van der Waals surface area contributed by atoms with Crippen LogP contribution in [0.5, 0.6) is 5.75 Å². The average molecular weight is 247 g/mol. The Morgan fingerprint density at radius 1 is 1.11 bits per heavy atom. The standard InChI is InChI=1S/C16H25NO/c1-5-17-12-6-7-13-18-15-10-8-14(9-11-15)16(2,3)4/h6-11,17H,5,12-13H2,1-4H3/b7-6+. The average Bonchev–Trinajstić information content (AvgIpc) is 2.33. The second-order valence-electron chi connectivity index (χ2n) is 5.36. The summed E-state index contributed by atoms with van der Waals surface area (Å²) in [5.74, 6) is 0.927. The van der Waals surface area contributed by atoms with Gasteiger partial charge in [0, 0.05) is 6.54 Å². The van der Waals surface area contributed by atoms with Gasteiger partial charge in [-0.1, -0.05) is 52.0 Å². The van der Waals surface area contributed by atoms with Crippen molar-refractivity contribution in [1.29, 1.82) is 0 Å². The monoisotopic (exact) mass is 247 g/mol. The molecule has 0 saturated heterocycles. The highest BCUT2D eigenvalue weighted by Gasteiger charge is 2.12. The van der Waals surface area contributed by atoms with Gasteiger partial charge in [0.15, 0.2) is 0 Å². The Kier molecular flexibility index (Phi) is 5.93. The Bertz CT molecular complexity index is 360. The molecule has 0 saturated carbocycles. The van der Waals surface area contributed by atoms with Gasteiger partial charge in [-0.2, -0.15) is 0 Å². The van der Waals surface area contributed by atoms with E-state index in [2.05, 4.69) is 51.2 Å². The molecule has 0 fully saturated rings. The molecule has 0 radical (unpaired) electrons. The van der Waals surface area contributed by atoms with Crippen LogP contribution in [0.25, 0.3) is 0 Å². The molecule has 0 heterocycles. The lowest BCUT2D eigenvalue weighted by Gasteiger charge is -2.19. The molecule has 0 bridgehead atoms. The molecule has 18 heavy (non-hydrogen) atoms. The topological polar surface area (TPSA) is 21.3 Å². The fourth-order valence-corrected chi connectivity index (χ4v) is 1.57.